The summed E-state index contributed by atoms with van der Waals surface area (Å²) in [6, 6.07) is 57.9. The van der Waals surface area contributed by atoms with E-state index in [0.29, 0.717) is 5.82 Å². The van der Waals surface area contributed by atoms with Gasteiger partial charge in [-0.05, 0) is 69.3 Å². The third-order valence-corrected chi connectivity index (χ3v) is 11.4. The molecule has 7 aromatic carbocycles. The summed E-state index contributed by atoms with van der Waals surface area (Å²) in [6.07, 6.45) is 4.53. The monoisotopic (exact) mass is 705 g/mol. The maximum Gasteiger partial charge on any atom is 0.162 e. The van der Waals surface area contributed by atoms with E-state index in [1.165, 1.54) is 22.3 Å². The van der Waals surface area contributed by atoms with Crippen LogP contribution in [0.1, 0.15) is 36.1 Å². The summed E-state index contributed by atoms with van der Waals surface area (Å²) < 4.78 is 6.51. The molecule has 0 spiro atoms. The van der Waals surface area contributed by atoms with E-state index in [2.05, 4.69) is 158 Å². The smallest absolute Gasteiger partial charge is 0.162 e. The molecule has 11 rings (SSSR count). The lowest BCUT2D eigenvalue weighted by molar-refractivity contribution is 0.660. The Labute approximate surface area is 319 Å². The Morgan fingerprint density at radius 1 is 0.491 bits per heavy atom. The minimum Gasteiger partial charge on any atom is -0.455 e. The average molecular weight is 706 g/mol. The molecule has 4 heteroatoms. The average Bonchev–Trinajstić information content (AvgIpc) is 3.66. The highest BCUT2D eigenvalue weighted by atomic mass is 16.3. The van der Waals surface area contributed by atoms with Gasteiger partial charge in [-0.15, -0.1) is 0 Å². The first-order valence-electron chi connectivity index (χ1n) is 18.8. The summed E-state index contributed by atoms with van der Waals surface area (Å²) in [5, 5.41) is 2.24. The van der Waals surface area contributed by atoms with Crippen LogP contribution in [-0.4, -0.2) is 9.97 Å². The molecule has 0 atom stereocenters. The van der Waals surface area contributed by atoms with Crippen LogP contribution in [0.5, 0.6) is 0 Å². The van der Waals surface area contributed by atoms with Crippen molar-refractivity contribution in [1.82, 2.24) is 9.97 Å². The van der Waals surface area contributed by atoms with Crippen molar-refractivity contribution in [2.75, 3.05) is 4.90 Å². The van der Waals surface area contributed by atoms with E-state index >= 15 is 0 Å². The van der Waals surface area contributed by atoms with E-state index in [9.17, 15) is 0 Å². The van der Waals surface area contributed by atoms with Gasteiger partial charge in [0.1, 0.15) is 17.0 Å². The number of hydrogen-bond acceptors (Lipinski definition) is 4. The van der Waals surface area contributed by atoms with E-state index in [-0.39, 0.29) is 5.41 Å². The highest BCUT2D eigenvalue weighted by Crippen LogP contribution is 2.53. The van der Waals surface area contributed by atoms with Gasteiger partial charge in [0.2, 0.25) is 0 Å². The molecule has 0 saturated carbocycles. The number of hydrogen-bond donors (Lipinski definition) is 0. The van der Waals surface area contributed by atoms with Crippen molar-refractivity contribution < 1.29 is 4.42 Å². The van der Waals surface area contributed by atoms with Crippen molar-refractivity contribution in [3.05, 3.63) is 186 Å². The number of benzene rings is 7. The fourth-order valence-electron chi connectivity index (χ4n) is 8.69. The van der Waals surface area contributed by atoms with E-state index in [1.54, 1.807) is 0 Å². The van der Waals surface area contributed by atoms with Crippen LogP contribution < -0.4 is 4.90 Å². The van der Waals surface area contributed by atoms with Crippen LogP contribution in [0, 0.1) is 0 Å². The van der Waals surface area contributed by atoms with Crippen LogP contribution in [-0.2, 0) is 5.41 Å². The minimum absolute atomic E-state index is 0.132. The molecular weight excluding hydrogens is 671 g/mol. The van der Waals surface area contributed by atoms with E-state index < -0.39 is 0 Å². The van der Waals surface area contributed by atoms with Gasteiger partial charge in [0.25, 0.3) is 0 Å². The van der Waals surface area contributed by atoms with Crippen molar-refractivity contribution in [3.8, 4) is 44.9 Å². The van der Waals surface area contributed by atoms with Crippen molar-refractivity contribution >= 4 is 51.3 Å². The molecule has 260 valence electrons. The van der Waals surface area contributed by atoms with Crippen molar-refractivity contribution in [3.63, 3.8) is 0 Å². The summed E-state index contributed by atoms with van der Waals surface area (Å²) in [7, 11) is 0. The van der Waals surface area contributed by atoms with Gasteiger partial charge < -0.3 is 4.42 Å². The lowest BCUT2D eigenvalue weighted by Gasteiger charge is -2.29. The topological polar surface area (TPSA) is 42.2 Å². The maximum absolute atomic E-state index is 6.51. The molecular formula is C51H35N3O. The number of anilines is 3. The summed E-state index contributed by atoms with van der Waals surface area (Å²) in [4.78, 5) is 12.9. The second kappa shape index (κ2) is 12.0. The quantitative estimate of drug-likeness (QED) is 0.183. The zero-order chi connectivity index (χ0) is 36.7. The van der Waals surface area contributed by atoms with E-state index in [4.69, 9.17) is 14.4 Å². The van der Waals surface area contributed by atoms with Gasteiger partial charge in [0.05, 0.1) is 17.1 Å². The summed E-state index contributed by atoms with van der Waals surface area (Å²) in [6.45, 7) is 4.68. The standard InChI is InChI=1S/C51H35N3O/c1-51(2)42-22-11-9-18-38(42)41-30-46-36(29-43(41)51)25-24-35-28-34(37-20-13-21-40-39-19-10-12-23-47(39)55-49(37)40)26-27-45(35)54(46)48-31-44(32-14-5-3-6-15-32)52-50(53-48)33-16-7-4-8-17-33/h3-31H,1-2H3. The molecule has 0 amide bonds. The Morgan fingerprint density at radius 3 is 2.02 bits per heavy atom. The Hall–Kier alpha value is -7.04. The molecule has 1 aliphatic heterocycles. The van der Waals surface area contributed by atoms with Gasteiger partial charge in [0, 0.05) is 38.9 Å². The fraction of sp³-hybridized carbons (Fsp3) is 0.0588. The molecule has 0 N–H and O–H groups in total. The highest BCUT2D eigenvalue weighted by molar-refractivity contribution is 6.10. The predicted octanol–water partition coefficient (Wildman–Crippen LogP) is 13.6. The summed E-state index contributed by atoms with van der Waals surface area (Å²) >= 11 is 0. The Bertz CT molecular complexity index is 2950. The third-order valence-electron chi connectivity index (χ3n) is 11.4. The van der Waals surface area contributed by atoms with Crippen LogP contribution in [0.25, 0.3) is 79.0 Å². The second-order valence-electron chi connectivity index (χ2n) is 15.0. The Balaban J connectivity index is 1.17. The first kappa shape index (κ1) is 31.5. The SMILES string of the molecule is CC1(C)c2ccccc2-c2cc3c(cc21)C=Cc1cc(-c2cccc4c2oc2ccccc24)ccc1N3c1cc(-c2ccccc2)nc(-c2ccccc2)n1. The molecule has 9 aromatic rings. The fourth-order valence-corrected chi connectivity index (χ4v) is 8.69. The molecule has 3 heterocycles. The summed E-state index contributed by atoms with van der Waals surface area (Å²) in [5.41, 5.74) is 16.2. The number of furan rings is 1. The highest BCUT2D eigenvalue weighted by Gasteiger charge is 2.37. The van der Waals surface area contributed by atoms with Gasteiger partial charge in [-0.1, -0.05) is 153 Å². The van der Waals surface area contributed by atoms with Gasteiger partial charge >= 0.3 is 0 Å². The first-order chi connectivity index (χ1) is 27.0. The lowest BCUT2D eigenvalue weighted by atomic mass is 9.82. The Morgan fingerprint density at radius 2 is 1.18 bits per heavy atom. The molecule has 55 heavy (non-hydrogen) atoms. The van der Waals surface area contributed by atoms with Crippen LogP contribution in [0.2, 0.25) is 0 Å². The predicted molar refractivity (Wildman–Crippen MR) is 227 cm³/mol. The van der Waals surface area contributed by atoms with Gasteiger partial charge in [0.15, 0.2) is 5.82 Å². The number of rotatable bonds is 4. The molecule has 4 nitrogen and oxygen atoms in total. The minimum atomic E-state index is -0.132. The first-order valence-corrected chi connectivity index (χ1v) is 18.8. The van der Waals surface area contributed by atoms with Crippen LogP contribution in [0.15, 0.2) is 168 Å². The van der Waals surface area contributed by atoms with Crippen molar-refractivity contribution in [2.24, 2.45) is 0 Å². The zero-order valence-electron chi connectivity index (χ0n) is 30.5. The largest absolute Gasteiger partial charge is 0.455 e. The molecule has 0 bridgehead atoms. The molecule has 0 fully saturated rings. The molecule has 0 radical (unpaired) electrons. The van der Waals surface area contributed by atoms with E-state index in [1.807, 2.05) is 36.4 Å². The van der Waals surface area contributed by atoms with Crippen LogP contribution in [0.4, 0.5) is 17.2 Å². The normalized spacial score (nSPS) is 13.7. The molecule has 2 aromatic heterocycles. The van der Waals surface area contributed by atoms with Crippen molar-refractivity contribution in [1.29, 1.82) is 0 Å². The molecule has 0 unspecified atom stereocenters. The van der Waals surface area contributed by atoms with Gasteiger partial charge in [-0.25, -0.2) is 9.97 Å². The van der Waals surface area contributed by atoms with Gasteiger partial charge in [-0.3, -0.25) is 4.90 Å². The van der Waals surface area contributed by atoms with Crippen LogP contribution in [0.3, 0.4) is 0 Å². The zero-order valence-corrected chi connectivity index (χ0v) is 30.5. The number of aromatic nitrogens is 2. The van der Waals surface area contributed by atoms with E-state index in [0.717, 1.165) is 78.2 Å². The molecule has 2 aliphatic rings. The lowest BCUT2D eigenvalue weighted by Crippen LogP contribution is -2.17. The maximum atomic E-state index is 6.51. The summed E-state index contributed by atoms with van der Waals surface area (Å²) in [5.74, 6) is 1.48. The third kappa shape index (κ3) is 4.92. The number of nitrogens with zero attached hydrogens (tertiary/aromatic N) is 3. The van der Waals surface area contributed by atoms with Gasteiger partial charge in [-0.2, -0.15) is 0 Å². The van der Waals surface area contributed by atoms with Crippen molar-refractivity contribution in [2.45, 2.75) is 19.3 Å². The Kier molecular flexibility index (Phi) is 6.86. The number of para-hydroxylation sites is 2. The second-order valence-corrected chi connectivity index (χ2v) is 15.0. The van der Waals surface area contributed by atoms with Crippen LogP contribution >= 0.6 is 0 Å². The molecule has 1 aliphatic carbocycles. The number of fused-ring (bicyclic) bond motifs is 8. The molecule has 0 saturated heterocycles.